The lowest BCUT2D eigenvalue weighted by Crippen LogP contribution is -2.01. The summed E-state index contributed by atoms with van der Waals surface area (Å²) in [4.78, 5) is 10.8. The van der Waals surface area contributed by atoms with Gasteiger partial charge < -0.3 is 9.67 Å². The minimum atomic E-state index is -0.781. The van der Waals surface area contributed by atoms with E-state index in [1.54, 1.807) is 0 Å². The fourth-order valence-corrected chi connectivity index (χ4v) is 2.13. The Morgan fingerprint density at radius 1 is 1.38 bits per heavy atom. The van der Waals surface area contributed by atoms with Crippen molar-refractivity contribution in [3.05, 3.63) is 35.0 Å². The standard InChI is InChI=1S/C13H15NO2/c1-8-4-5-10-11(7-13(15)16)9(2)14(3)12(10)6-8/h4-6H,7H2,1-3H3,(H,15,16). The van der Waals surface area contributed by atoms with Crippen LogP contribution in [0.2, 0.25) is 0 Å². The first-order chi connectivity index (χ1) is 7.50. The number of aliphatic carboxylic acids is 1. The topological polar surface area (TPSA) is 42.2 Å². The van der Waals surface area contributed by atoms with Crippen LogP contribution in [0.25, 0.3) is 10.9 Å². The Labute approximate surface area is 94.3 Å². The number of hydrogen-bond donors (Lipinski definition) is 1. The van der Waals surface area contributed by atoms with Gasteiger partial charge in [-0.3, -0.25) is 4.79 Å². The molecule has 2 rings (SSSR count). The van der Waals surface area contributed by atoms with Crippen molar-refractivity contribution >= 4 is 16.9 Å². The van der Waals surface area contributed by atoms with Crippen LogP contribution in [0, 0.1) is 13.8 Å². The molecule has 1 heterocycles. The highest BCUT2D eigenvalue weighted by molar-refractivity contribution is 5.89. The van der Waals surface area contributed by atoms with Crippen LogP contribution in [0.15, 0.2) is 18.2 Å². The molecule has 0 fully saturated rings. The van der Waals surface area contributed by atoms with Gasteiger partial charge in [0.15, 0.2) is 0 Å². The zero-order valence-electron chi connectivity index (χ0n) is 9.74. The number of fused-ring (bicyclic) bond motifs is 1. The van der Waals surface area contributed by atoms with Crippen molar-refractivity contribution in [1.29, 1.82) is 0 Å². The summed E-state index contributed by atoms with van der Waals surface area (Å²) in [5, 5.41) is 9.95. The average Bonchev–Trinajstić information content (AvgIpc) is 2.43. The Morgan fingerprint density at radius 3 is 2.69 bits per heavy atom. The summed E-state index contributed by atoms with van der Waals surface area (Å²) in [7, 11) is 1.97. The molecule has 1 aromatic carbocycles. The second-order valence-electron chi connectivity index (χ2n) is 4.21. The normalized spacial score (nSPS) is 10.9. The van der Waals surface area contributed by atoms with E-state index in [9.17, 15) is 4.79 Å². The number of carboxylic acids is 1. The third-order valence-electron chi connectivity index (χ3n) is 3.11. The average molecular weight is 217 g/mol. The molecule has 0 radical (unpaired) electrons. The largest absolute Gasteiger partial charge is 0.481 e. The van der Waals surface area contributed by atoms with Gasteiger partial charge in [-0.2, -0.15) is 0 Å². The van der Waals surface area contributed by atoms with Gasteiger partial charge in [0.05, 0.1) is 6.42 Å². The molecule has 84 valence electrons. The van der Waals surface area contributed by atoms with Gasteiger partial charge in [0.25, 0.3) is 0 Å². The Balaban J connectivity index is 2.73. The Morgan fingerprint density at radius 2 is 2.06 bits per heavy atom. The van der Waals surface area contributed by atoms with Gasteiger partial charge in [-0.25, -0.2) is 0 Å². The van der Waals surface area contributed by atoms with Crippen molar-refractivity contribution in [2.45, 2.75) is 20.3 Å². The Kier molecular flexibility index (Phi) is 2.46. The number of rotatable bonds is 2. The molecule has 0 saturated carbocycles. The highest BCUT2D eigenvalue weighted by atomic mass is 16.4. The predicted octanol–water partition coefficient (Wildman–Crippen LogP) is 2.42. The zero-order chi connectivity index (χ0) is 11.9. The maximum absolute atomic E-state index is 10.8. The van der Waals surface area contributed by atoms with Crippen molar-refractivity contribution in [2.75, 3.05) is 0 Å². The molecular formula is C13H15NO2. The highest BCUT2D eigenvalue weighted by Gasteiger charge is 2.14. The SMILES string of the molecule is Cc1ccc2c(CC(=O)O)c(C)n(C)c2c1. The van der Waals surface area contributed by atoms with E-state index in [0.29, 0.717) is 0 Å². The molecule has 0 aliphatic rings. The van der Waals surface area contributed by atoms with E-state index in [1.165, 1.54) is 5.56 Å². The lowest BCUT2D eigenvalue weighted by Gasteiger charge is -1.99. The van der Waals surface area contributed by atoms with E-state index >= 15 is 0 Å². The maximum atomic E-state index is 10.8. The molecule has 3 heteroatoms. The number of carboxylic acid groups (broad SMARTS) is 1. The third-order valence-corrected chi connectivity index (χ3v) is 3.11. The smallest absolute Gasteiger partial charge is 0.307 e. The molecule has 1 aromatic heterocycles. The summed E-state index contributed by atoms with van der Waals surface area (Å²) in [6.45, 7) is 4.01. The lowest BCUT2D eigenvalue weighted by atomic mass is 10.1. The summed E-state index contributed by atoms with van der Waals surface area (Å²) in [5.41, 5.74) is 4.25. The summed E-state index contributed by atoms with van der Waals surface area (Å²) in [5.74, 6) is -0.781. The Hall–Kier alpha value is -1.77. The fourth-order valence-electron chi connectivity index (χ4n) is 2.13. The number of nitrogens with zero attached hydrogens (tertiary/aromatic N) is 1. The predicted molar refractivity (Wildman–Crippen MR) is 63.7 cm³/mol. The summed E-state index contributed by atoms with van der Waals surface area (Å²) >= 11 is 0. The van der Waals surface area contributed by atoms with E-state index in [-0.39, 0.29) is 6.42 Å². The maximum Gasteiger partial charge on any atom is 0.307 e. The summed E-state index contributed by atoms with van der Waals surface area (Å²) in [6.07, 6.45) is 0.0895. The van der Waals surface area contributed by atoms with Crippen LogP contribution in [-0.4, -0.2) is 15.6 Å². The van der Waals surface area contributed by atoms with Crippen LogP contribution in [0.5, 0.6) is 0 Å². The van der Waals surface area contributed by atoms with Crippen LogP contribution >= 0.6 is 0 Å². The molecule has 1 N–H and O–H groups in total. The van der Waals surface area contributed by atoms with E-state index in [1.807, 2.05) is 33.0 Å². The quantitative estimate of drug-likeness (QED) is 0.839. The van der Waals surface area contributed by atoms with Crippen molar-refractivity contribution < 1.29 is 9.90 Å². The molecule has 0 saturated heterocycles. The van der Waals surface area contributed by atoms with Crippen molar-refractivity contribution in [3.63, 3.8) is 0 Å². The number of carbonyl (C=O) groups is 1. The van der Waals surface area contributed by atoms with Crippen LogP contribution in [0.3, 0.4) is 0 Å². The Bertz CT molecular complexity index is 567. The van der Waals surface area contributed by atoms with Gasteiger partial charge in [0.1, 0.15) is 0 Å². The van der Waals surface area contributed by atoms with Crippen molar-refractivity contribution in [2.24, 2.45) is 7.05 Å². The van der Waals surface area contributed by atoms with Gasteiger partial charge in [0.2, 0.25) is 0 Å². The first-order valence-electron chi connectivity index (χ1n) is 5.27. The van der Waals surface area contributed by atoms with Crippen LogP contribution in [-0.2, 0) is 18.3 Å². The number of aryl methyl sites for hydroxylation is 2. The van der Waals surface area contributed by atoms with Gasteiger partial charge >= 0.3 is 5.97 Å². The van der Waals surface area contributed by atoms with Gasteiger partial charge in [0, 0.05) is 23.6 Å². The molecule has 0 amide bonds. The summed E-state index contributed by atoms with van der Waals surface area (Å²) < 4.78 is 2.06. The zero-order valence-corrected chi connectivity index (χ0v) is 9.74. The first-order valence-corrected chi connectivity index (χ1v) is 5.27. The minimum absolute atomic E-state index is 0.0895. The molecule has 0 unspecified atom stereocenters. The van der Waals surface area contributed by atoms with Crippen molar-refractivity contribution in [1.82, 2.24) is 4.57 Å². The highest BCUT2D eigenvalue weighted by Crippen LogP contribution is 2.26. The van der Waals surface area contributed by atoms with Crippen LogP contribution < -0.4 is 0 Å². The van der Waals surface area contributed by atoms with Gasteiger partial charge in [-0.05, 0) is 31.0 Å². The van der Waals surface area contributed by atoms with E-state index in [4.69, 9.17) is 5.11 Å². The van der Waals surface area contributed by atoms with Crippen molar-refractivity contribution in [3.8, 4) is 0 Å². The van der Waals surface area contributed by atoms with Crippen LogP contribution in [0.1, 0.15) is 16.8 Å². The molecule has 2 aromatic rings. The first kappa shape index (κ1) is 10.7. The second-order valence-corrected chi connectivity index (χ2v) is 4.21. The van der Waals surface area contributed by atoms with E-state index < -0.39 is 5.97 Å². The number of benzene rings is 1. The van der Waals surface area contributed by atoms with E-state index in [2.05, 4.69) is 10.6 Å². The minimum Gasteiger partial charge on any atom is -0.481 e. The molecule has 16 heavy (non-hydrogen) atoms. The molecule has 0 atom stereocenters. The van der Waals surface area contributed by atoms with Gasteiger partial charge in [-0.15, -0.1) is 0 Å². The molecule has 3 nitrogen and oxygen atoms in total. The fraction of sp³-hybridized carbons (Fsp3) is 0.308. The van der Waals surface area contributed by atoms with Crippen LogP contribution in [0.4, 0.5) is 0 Å². The number of hydrogen-bond acceptors (Lipinski definition) is 1. The molecule has 0 spiro atoms. The molecule has 0 bridgehead atoms. The third kappa shape index (κ3) is 1.58. The molecule has 0 aliphatic heterocycles. The number of aromatic nitrogens is 1. The second kappa shape index (κ2) is 3.67. The van der Waals surface area contributed by atoms with Gasteiger partial charge in [-0.1, -0.05) is 12.1 Å². The molecule has 0 aliphatic carbocycles. The van der Waals surface area contributed by atoms with E-state index in [0.717, 1.165) is 22.2 Å². The monoisotopic (exact) mass is 217 g/mol. The lowest BCUT2D eigenvalue weighted by molar-refractivity contribution is -0.136. The molecular weight excluding hydrogens is 202 g/mol. The summed E-state index contributed by atoms with van der Waals surface area (Å²) in [6, 6.07) is 6.12.